The van der Waals surface area contributed by atoms with Gasteiger partial charge in [0.1, 0.15) is 41.5 Å². The summed E-state index contributed by atoms with van der Waals surface area (Å²) in [5, 5.41) is 28.6. The van der Waals surface area contributed by atoms with E-state index in [4.69, 9.17) is 16.3 Å². The number of H-pyrrole nitrogens is 1. The number of hydrogen-bond donors (Lipinski definition) is 4. The third-order valence-corrected chi connectivity index (χ3v) is 3.07. The van der Waals surface area contributed by atoms with Crippen molar-refractivity contribution in [1.29, 1.82) is 0 Å². The molecule has 2 rings (SSSR count). The van der Waals surface area contributed by atoms with Gasteiger partial charge in [-0.1, -0.05) is 5.92 Å². The summed E-state index contributed by atoms with van der Waals surface area (Å²) in [6.07, 6.45) is 0.849. The summed E-state index contributed by atoms with van der Waals surface area (Å²) in [7, 11) is 0. The Balaban J connectivity index is 2.46. The van der Waals surface area contributed by atoms with E-state index >= 15 is 0 Å². The Hall–Kier alpha value is -1.72. The Labute approximate surface area is 108 Å². The Morgan fingerprint density at radius 2 is 2.16 bits per heavy atom. The molecule has 19 heavy (non-hydrogen) atoms. The highest BCUT2D eigenvalue weighted by molar-refractivity contribution is 5.32. The molecular formula is C12H14N2O5. The van der Waals surface area contributed by atoms with Gasteiger partial charge in [-0.25, -0.2) is 4.98 Å². The number of nitrogens with one attached hydrogen (secondary N) is 1. The van der Waals surface area contributed by atoms with Gasteiger partial charge in [-0.2, -0.15) is 0 Å². The largest absolute Gasteiger partial charge is 0.394 e. The highest BCUT2D eigenvalue weighted by Crippen LogP contribution is 2.33. The smallest absolute Gasteiger partial charge is 0.270 e. The summed E-state index contributed by atoms with van der Waals surface area (Å²) in [4.78, 5) is 17.9. The summed E-state index contributed by atoms with van der Waals surface area (Å²) in [5.41, 5.74) is 0.00252. The number of hydrogen-bond acceptors (Lipinski definition) is 6. The number of aromatic nitrogens is 2. The quantitative estimate of drug-likeness (QED) is 0.470. The van der Waals surface area contributed by atoms with Crippen LogP contribution in [0.5, 0.6) is 0 Å². The van der Waals surface area contributed by atoms with Gasteiger partial charge in [-0.05, 0) is 6.92 Å². The van der Waals surface area contributed by atoms with E-state index in [0.717, 1.165) is 0 Å². The Kier molecular flexibility index (Phi) is 3.68. The summed E-state index contributed by atoms with van der Waals surface area (Å²) in [6, 6.07) is 0. The second-order valence-electron chi connectivity index (χ2n) is 4.31. The molecule has 0 aliphatic carbocycles. The van der Waals surface area contributed by atoms with Gasteiger partial charge >= 0.3 is 0 Å². The van der Waals surface area contributed by atoms with Crippen LogP contribution in [0.4, 0.5) is 0 Å². The lowest BCUT2D eigenvalue weighted by Crippen LogP contribution is -2.32. The first kappa shape index (κ1) is 13.7. The number of nitrogens with zero attached hydrogens (tertiary/aromatic N) is 1. The minimum Gasteiger partial charge on any atom is -0.394 e. The predicted molar refractivity (Wildman–Crippen MR) is 64.2 cm³/mol. The van der Waals surface area contributed by atoms with Crippen LogP contribution < -0.4 is 5.56 Å². The van der Waals surface area contributed by atoms with Crippen molar-refractivity contribution in [1.82, 2.24) is 9.97 Å². The van der Waals surface area contributed by atoms with Crippen molar-refractivity contribution < 1.29 is 20.1 Å². The van der Waals surface area contributed by atoms with Crippen molar-refractivity contribution >= 4 is 0 Å². The molecular weight excluding hydrogens is 252 g/mol. The number of terminal acetylenes is 1. The number of aliphatic hydroxyl groups excluding tert-OH is 3. The number of aromatic amines is 1. The molecule has 4 atom stereocenters. The molecule has 0 aromatic carbocycles. The maximum absolute atomic E-state index is 11.4. The Bertz CT molecular complexity index is 576. The van der Waals surface area contributed by atoms with Gasteiger partial charge in [0.25, 0.3) is 5.56 Å². The van der Waals surface area contributed by atoms with Crippen LogP contribution in [0.15, 0.2) is 4.79 Å². The van der Waals surface area contributed by atoms with Crippen molar-refractivity contribution in [3.05, 3.63) is 27.4 Å². The third-order valence-electron chi connectivity index (χ3n) is 3.07. The van der Waals surface area contributed by atoms with Gasteiger partial charge in [0.2, 0.25) is 0 Å². The summed E-state index contributed by atoms with van der Waals surface area (Å²) in [6.45, 7) is 1.05. The van der Waals surface area contributed by atoms with Crippen molar-refractivity contribution in [3.8, 4) is 12.3 Å². The van der Waals surface area contributed by atoms with Crippen molar-refractivity contribution in [3.63, 3.8) is 0 Å². The average Bonchev–Trinajstić information content (AvgIpc) is 2.69. The van der Waals surface area contributed by atoms with Crippen molar-refractivity contribution in [2.24, 2.45) is 0 Å². The molecule has 4 N–H and O–H groups in total. The van der Waals surface area contributed by atoms with Crippen LogP contribution in [-0.4, -0.2) is 50.2 Å². The summed E-state index contributed by atoms with van der Waals surface area (Å²) >= 11 is 0. The topological polar surface area (TPSA) is 116 Å². The van der Waals surface area contributed by atoms with Gasteiger partial charge in [0, 0.05) is 0 Å². The highest BCUT2D eigenvalue weighted by atomic mass is 16.6. The van der Waals surface area contributed by atoms with Gasteiger partial charge in [0.15, 0.2) is 0 Å². The Morgan fingerprint density at radius 1 is 1.47 bits per heavy atom. The van der Waals surface area contributed by atoms with E-state index in [-0.39, 0.29) is 17.1 Å². The molecule has 1 saturated heterocycles. The number of rotatable bonds is 2. The first-order valence-electron chi connectivity index (χ1n) is 5.69. The molecule has 7 heteroatoms. The maximum atomic E-state index is 11.4. The summed E-state index contributed by atoms with van der Waals surface area (Å²) < 4.78 is 5.33. The van der Waals surface area contributed by atoms with E-state index in [0.29, 0.717) is 0 Å². The molecule has 0 bridgehead atoms. The lowest BCUT2D eigenvalue weighted by molar-refractivity contribution is -0.0241. The molecule has 1 fully saturated rings. The number of aliphatic hydroxyl groups is 3. The molecule has 1 aliphatic rings. The van der Waals surface area contributed by atoms with E-state index in [9.17, 15) is 15.0 Å². The molecule has 2 heterocycles. The molecule has 0 amide bonds. The van der Waals surface area contributed by atoms with Crippen LogP contribution in [0, 0.1) is 19.3 Å². The summed E-state index contributed by atoms with van der Waals surface area (Å²) in [5.74, 6) is 2.26. The van der Waals surface area contributed by atoms with E-state index in [1.165, 1.54) is 6.92 Å². The molecule has 0 spiro atoms. The molecule has 102 valence electrons. The second-order valence-corrected chi connectivity index (χ2v) is 4.31. The lowest BCUT2D eigenvalue weighted by atomic mass is 10.0. The van der Waals surface area contributed by atoms with Crippen LogP contribution in [0.3, 0.4) is 0 Å². The maximum Gasteiger partial charge on any atom is 0.270 e. The molecule has 1 aromatic rings. The van der Waals surface area contributed by atoms with Crippen LogP contribution in [0.1, 0.15) is 23.2 Å². The van der Waals surface area contributed by atoms with Crippen LogP contribution in [0.2, 0.25) is 0 Å². The minimum absolute atomic E-state index is 0.0884. The zero-order chi connectivity index (χ0) is 14.2. The van der Waals surface area contributed by atoms with Gasteiger partial charge in [0.05, 0.1) is 6.61 Å². The predicted octanol–water partition coefficient (Wildman–Crippen LogP) is -1.79. The van der Waals surface area contributed by atoms with Crippen molar-refractivity contribution in [2.75, 3.05) is 6.61 Å². The molecule has 1 aromatic heterocycles. The Morgan fingerprint density at radius 3 is 2.68 bits per heavy atom. The second kappa shape index (κ2) is 5.11. The van der Waals surface area contributed by atoms with Crippen molar-refractivity contribution in [2.45, 2.75) is 31.3 Å². The third kappa shape index (κ3) is 2.27. The van der Waals surface area contributed by atoms with Crippen LogP contribution in [-0.2, 0) is 4.74 Å². The number of aryl methyl sites for hydroxylation is 1. The lowest BCUT2D eigenvalue weighted by Gasteiger charge is -2.15. The van der Waals surface area contributed by atoms with Gasteiger partial charge in [-0.15, -0.1) is 6.42 Å². The zero-order valence-corrected chi connectivity index (χ0v) is 10.2. The first-order valence-corrected chi connectivity index (χ1v) is 5.69. The normalized spacial score (nSPS) is 30.3. The van der Waals surface area contributed by atoms with Crippen LogP contribution >= 0.6 is 0 Å². The van der Waals surface area contributed by atoms with Gasteiger partial charge < -0.3 is 25.0 Å². The molecule has 3 unspecified atom stereocenters. The highest BCUT2D eigenvalue weighted by Gasteiger charge is 2.44. The SMILES string of the molecule is C#Cc1[nH]c(=O)c(C)nc1C1O[C@H](CO)C(O)C1O. The van der Waals surface area contributed by atoms with E-state index in [2.05, 4.69) is 15.9 Å². The first-order chi connectivity index (χ1) is 8.99. The standard InChI is InChI=1S/C12H14N2O5/c1-3-6-8(13-5(2)12(18)14-6)11-10(17)9(16)7(4-15)19-11/h1,7,9-11,15-17H,4H2,2H3,(H,14,18)/t7-,9?,10?,11?/m1/s1. The fourth-order valence-electron chi connectivity index (χ4n) is 2.00. The number of ether oxygens (including phenoxy) is 1. The monoisotopic (exact) mass is 266 g/mol. The molecule has 1 aliphatic heterocycles. The molecule has 7 nitrogen and oxygen atoms in total. The van der Waals surface area contributed by atoms with E-state index < -0.39 is 36.6 Å². The fraction of sp³-hybridized carbons (Fsp3) is 0.500. The zero-order valence-electron chi connectivity index (χ0n) is 10.2. The minimum atomic E-state index is -1.28. The van der Waals surface area contributed by atoms with E-state index in [1.807, 2.05) is 0 Å². The van der Waals surface area contributed by atoms with Gasteiger partial charge in [-0.3, -0.25) is 4.79 Å². The molecule has 0 saturated carbocycles. The average molecular weight is 266 g/mol. The molecule has 0 radical (unpaired) electrons. The van der Waals surface area contributed by atoms with Crippen LogP contribution in [0.25, 0.3) is 0 Å². The fourth-order valence-corrected chi connectivity index (χ4v) is 2.00. The van der Waals surface area contributed by atoms with E-state index in [1.54, 1.807) is 0 Å².